The summed E-state index contributed by atoms with van der Waals surface area (Å²) < 4.78 is 5.32. The SMILES string of the molecule is COc1ccc2c(c1)CC1(CCC(O)(c3ccc(C(C)(C)C)cc3)CC1)C2=O. The summed E-state index contributed by atoms with van der Waals surface area (Å²) in [4.78, 5) is 13.2. The lowest BCUT2D eigenvalue weighted by molar-refractivity contribution is -0.0306. The molecule has 2 aromatic rings. The highest BCUT2D eigenvalue weighted by Crippen LogP contribution is 2.52. The van der Waals surface area contributed by atoms with Gasteiger partial charge in [0.15, 0.2) is 5.78 Å². The average molecular weight is 379 g/mol. The van der Waals surface area contributed by atoms with Crippen LogP contribution in [0.4, 0.5) is 0 Å². The molecule has 0 heterocycles. The number of Topliss-reactive ketones (excluding diaryl/α,β-unsaturated/α-hetero) is 1. The van der Waals surface area contributed by atoms with Crippen LogP contribution in [0.25, 0.3) is 0 Å². The van der Waals surface area contributed by atoms with Gasteiger partial charge in [0.05, 0.1) is 12.7 Å². The van der Waals surface area contributed by atoms with E-state index in [-0.39, 0.29) is 16.6 Å². The van der Waals surface area contributed by atoms with Crippen LogP contribution < -0.4 is 4.74 Å². The molecule has 28 heavy (non-hydrogen) atoms. The molecule has 1 spiro atoms. The number of ketones is 1. The van der Waals surface area contributed by atoms with Gasteiger partial charge in [-0.25, -0.2) is 0 Å². The molecule has 2 aliphatic carbocycles. The summed E-state index contributed by atoms with van der Waals surface area (Å²) in [5, 5.41) is 11.3. The van der Waals surface area contributed by atoms with Crippen molar-refractivity contribution in [2.45, 2.75) is 63.9 Å². The summed E-state index contributed by atoms with van der Waals surface area (Å²) >= 11 is 0. The molecule has 3 heteroatoms. The van der Waals surface area contributed by atoms with E-state index < -0.39 is 5.60 Å². The van der Waals surface area contributed by atoms with E-state index in [0.717, 1.165) is 41.7 Å². The van der Waals surface area contributed by atoms with Crippen molar-refractivity contribution in [2.24, 2.45) is 5.41 Å². The Hall–Kier alpha value is -2.13. The zero-order chi connectivity index (χ0) is 20.2. The van der Waals surface area contributed by atoms with Crippen LogP contribution >= 0.6 is 0 Å². The van der Waals surface area contributed by atoms with E-state index >= 15 is 0 Å². The van der Waals surface area contributed by atoms with Crippen LogP contribution in [0.2, 0.25) is 0 Å². The Morgan fingerprint density at radius 2 is 1.61 bits per heavy atom. The molecule has 1 saturated carbocycles. The fraction of sp³-hybridized carbons (Fsp3) is 0.480. The van der Waals surface area contributed by atoms with Crippen LogP contribution in [0.1, 0.15) is 73.5 Å². The van der Waals surface area contributed by atoms with Crippen molar-refractivity contribution in [3.63, 3.8) is 0 Å². The van der Waals surface area contributed by atoms with Gasteiger partial charge in [-0.3, -0.25) is 4.79 Å². The second kappa shape index (κ2) is 6.45. The third-order valence-corrected chi connectivity index (χ3v) is 6.89. The summed E-state index contributed by atoms with van der Waals surface area (Å²) in [6.45, 7) is 6.58. The predicted octanol–water partition coefficient (Wildman–Crippen LogP) is 5.18. The minimum Gasteiger partial charge on any atom is -0.497 e. The van der Waals surface area contributed by atoms with Crippen molar-refractivity contribution in [3.8, 4) is 5.75 Å². The highest BCUT2D eigenvalue weighted by Gasteiger charge is 2.50. The minimum atomic E-state index is -0.839. The fourth-order valence-corrected chi connectivity index (χ4v) is 4.91. The van der Waals surface area contributed by atoms with Gasteiger partial charge in [-0.15, -0.1) is 0 Å². The van der Waals surface area contributed by atoms with Gasteiger partial charge in [0, 0.05) is 11.0 Å². The molecule has 3 nitrogen and oxygen atoms in total. The Balaban J connectivity index is 1.53. The number of benzene rings is 2. The van der Waals surface area contributed by atoms with E-state index in [4.69, 9.17) is 4.74 Å². The topological polar surface area (TPSA) is 46.5 Å². The Kier molecular flexibility index (Phi) is 4.42. The van der Waals surface area contributed by atoms with Gasteiger partial charge in [0.25, 0.3) is 0 Å². The highest BCUT2D eigenvalue weighted by molar-refractivity contribution is 6.05. The molecule has 0 aromatic heterocycles. The maximum atomic E-state index is 13.2. The number of fused-ring (bicyclic) bond motifs is 1. The second-order valence-electron chi connectivity index (χ2n) is 9.67. The molecule has 148 valence electrons. The van der Waals surface area contributed by atoms with Crippen LogP contribution in [0.15, 0.2) is 42.5 Å². The Morgan fingerprint density at radius 1 is 0.964 bits per heavy atom. The maximum Gasteiger partial charge on any atom is 0.169 e. The number of ether oxygens (including phenoxy) is 1. The number of carbonyl (C=O) groups is 1. The van der Waals surface area contributed by atoms with Crippen LogP contribution in [-0.4, -0.2) is 18.0 Å². The molecule has 0 aliphatic heterocycles. The Labute approximate surface area is 167 Å². The average Bonchev–Trinajstić information content (AvgIpc) is 2.95. The number of aliphatic hydroxyl groups is 1. The maximum absolute atomic E-state index is 13.2. The van der Waals surface area contributed by atoms with E-state index in [9.17, 15) is 9.90 Å². The Morgan fingerprint density at radius 3 is 2.18 bits per heavy atom. The molecular formula is C25H30O3. The zero-order valence-corrected chi connectivity index (χ0v) is 17.3. The van der Waals surface area contributed by atoms with Crippen LogP contribution in [-0.2, 0) is 17.4 Å². The van der Waals surface area contributed by atoms with Crippen LogP contribution in [0.5, 0.6) is 5.75 Å². The molecule has 4 rings (SSSR count). The lowest BCUT2D eigenvalue weighted by atomic mass is 9.65. The van der Waals surface area contributed by atoms with E-state index in [2.05, 4.69) is 45.0 Å². The minimum absolute atomic E-state index is 0.0981. The van der Waals surface area contributed by atoms with Crippen molar-refractivity contribution in [1.29, 1.82) is 0 Å². The summed E-state index contributed by atoms with van der Waals surface area (Å²) in [5.74, 6) is 1.05. The summed E-state index contributed by atoms with van der Waals surface area (Å²) in [5.41, 5.74) is 3.06. The molecule has 0 amide bonds. The van der Waals surface area contributed by atoms with Gasteiger partial charge in [0.1, 0.15) is 5.75 Å². The van der Waals surface area contributed by atoms with E-state index in [1.807, 2.05) is 18.2 Å². The molecule has 2 aromatic carbocycles. The first-order valence-corrected chi connectivity index (χ1v) is 10.2. The first kappa shape index (κ1) is 19.2. The Bertz CT molecular complexity index is 894. The fourth-order valence-electron chi connectivity index (χ4n) is 4.91. The van der Waals surface area contributed by atoms with E-state index in [1.165, 1.54) is 5.56 Å². The second-order valence-corrected chi connectivity index (χ2v) is 9.67. The zero-order valence-electron chi connectivity index (χ0n) is 17.3. The van der Waals surface area contributed by atoms with Crippen molar-refractivity contribution in [3.05, 3.63) is 64.7 Å². The third-order valence-electron chi connectivity index (χ3n) is 6.89. The molecule has 1 fully saturated rings. The van der Waals surface area contributed by atoms with Gasteiger partial charge in [0.2, 0.25) is 0 Å². The molecule has 0 radical (unpaired) electrons. The number of methoxy groups -OCH3 is 1. The van der Waals surface area contributed by atoms with Gasteiger partial charge < -0.3 is 9.84 Å². The van der Waals surface area contributed by atoms with Gasteiger partial charge >= 0.3 is 0 Å². The number of rotatable bonds is 2. The summed E-state index contributed by atoms with van der Waals surface area (Å²) in [6, 6.07) is 14.1. The van der Waals surface area contributed by atoms with Crippen molar-refractivity contribution in [2.75, 3.05) is 7.11 Å². The first-order chi connectivity index (χ1) is 13.2. The monoisotopic (exact) mass is 378 g/mol. The number of hydrogen-bond acceptors (Lipinski definition) is 3. The standard InChI is InChI=1S/C25H30O3/c1-23(2,3)18-5-7-19(8-6-18)25(27)13-11-24(12-14-25)16-17-15-20(28-4)9-10-21(17)22(24)26/h5-10,15,27H,11-14,16H2,1-4H3. The van der Waals surface area contributed by atoms with Gasteiger partial charge in [-0.05, 0) is 72.4 Å². The quantitative estimate of drug-likeness (QED) is 0.783. The highest BCUT2D eigenvalue weighted by atomic mass is 16.5. The predicted molar refractivity (Wildman–Crippen MR) is 111 cm³/mol. The lowest BCUT2D eigenvalue weighted by Crippen LogP contribution is -2.40. The molecule has 0 saturated heterocycles. The molecule has 2 aliphatic rings. The van der Waals surface area contributed by atoms with Crippen LogP contribution in [0, 0.1) is 5.41 Å². The van der Waals surface area contributed by atoms with Crippen LogP contribution in [0.3, 0.4) is 0 Å². The van der Waals surface area contributed by atoms with E-state index in [1.54, 1.807) is 7.11 Å². The van der Waals surface area contributed by atoms with Crippen molar-refractivity contribution < 1.29 is 14.6 Å². The van der Waals surface area contributed by atoms with E-state index in [0.29, 0.717) is 12.8 Å². The van der Waals surface area contributed by atoms with Gasteiger partial charge in [-0.2, -0.15) is 0 Å². The smallest absolute Gasteiger partial charge is 0.169 e. The largest absolute Gasteiger partial charge is 0.497 e. The molecule has 0 atom stereocenters. The lowest BCUT2D eigenvalue weighted by Gasteiger charge is -2.41. The molecular weight excluding hydrogens is 348 g/mol. The summed E-state index contributed by atoms with van der Waals surface area (Å²) in [7, 11) is 1.65. The number of carbonyl (C=O) groups excluding carboxylic acids is 1. The number of hydrogen-bond donors (Lipinski definition) is 1. The van der Waals surface area contributed by atoms with Crippen molar-refractivity contribution in [1.82, 2.24) is 0 Å². The molecule has 0 bridgehead atoms. The molecule has 1 N–H and O–H groups in total. The third kappa shape index (κ3) is 3.06. The molecule has 0 unspecified atom stereocenters. The van der Waals surface area contributed by atoms with Crippen molar-refractivity contribution >= 4 is 5.78 Å². The summed E-state index contributed by atoms with van der Waals surface area (Å²) in [6.07, 6.45) is 3.45. The van der Waals surface area contributed by atoms with Gasteiger partial charge in [-0.1, -0.05) is 45.0 Å². The first-order valence-electron chi connectivity index (χ1n) is 10.2. The normalized spacial score (nSPS) is 27.1.